The van der Waals surface area contributed by atoms with Crippen LogP contribution in [0.4, 0.5) is 5.69 Å². The lowest BCUT2D eigenvalue weighted by Gasteiger charge is -2.47. The molecule has 0 saturated carbocycles. The van der Waals surface area contributed by atoms with Crippen LogP contribution in [0.15, 0.2) is 18.2 Å². The SMILES string of the molecule is CCC(CO)C1(c2ccc3c(c2)CC(=O)N3)COC1. The molecular formula is C15H19NO3. The molecule has 1 amide bonds. The van der Waals surface area contributed by atoms with E-state index in [0.717, 1.165) is 17.7 Å². The summed E-state index contributed by atoms with van der Waals surface area (Å²) < 4.78 is 5.42. The maximum atomic E-state index is 11.4. The molecule has 1 saturated heterocycles. The maximum Gasteiger partial charge on any atom is 0.228 e. The van der Waals surface area contributed by atoms with Crippen molar-refractivity contribution in [3.05, 3.63) is 29.3 Å². The van der Waals surface area contributed by atoms with Crippen molar-refractivity contribution in [2.24, 2.45) is 5.92 Å². The van der Waals surface area contributed by atoms with Crippen molar-refractivity contribution in [2.45, 2.75) is 25.2 Å². The molecule has 4 heteroatoms. The van der Waals surface area contributed by atoms with Crippen molar-refractivity contribution in [2.75, 3.05) is 25.1 Å². The zero-order valence-corrected chi connectivity index (χ0v) is 11.1. The van der Waals surface area contributed by atoms with Crippen LogP contribution in [-0.2, 0) is 21.4 Å². The average molecular weight is 261 g/mol. The van der Waals surface area contributed by atoms with Crippen LogP contribution in [-0.4, -0.2) is 30.8 Å². The number of amides is 1. The Morgan fingerprint density at radius 2 is 2.26 bits per heavy atom. The summed E-state index contributed by atoms with van der Waals surface area (Å²) in [6, 6.07) is 6.14. The van der Waals surface area contributed by atoms with E-state index in [9.17, 15) is 9.90 Å². The highest BCUT2D eigenvalue weighted by Gasteiger charge is 2.46. The van der Waals surface area contributed by atoms with Crippen LogP contribution >= 0.6 is 0 Å². The van der Waals surface area contributed by atoms with Crippen molar-refractivity contribution in [1.29, 1.82) is 0 Å². The Balaban J connectivity index is 1.97. The molecule has 0 aromatic heterocycles. The molecule has 2 aliphatic heterocycles. The van der Waals surface area contributed by atoms with Gasteiger partial charge >= 0.3 is 0 Å². The number of fused-ring (bicyclic) bond motifs is 1. The second kappa shape index (κ2) is 4.62. The van der Waals surface area contributed by atoms with Crippen LogP contribution < -0.4 is 5.32 Å². The zero-order valence-electron chi connectivity index (χ0n) is 11.1. The van der Waals surface area contributed by atoms with Crippen molar-refractivity contribution in [3.63, 3.8) is 0 Å². The topological polar surface area (TPSA) is 58.6 Å². The Labute approximate surface area is 112 Å². The van der Waals surface area contributed by atoms with E-state index in [0.29, 0.717) is 19.6 Å². The Hall–Kier alpha value is -1.39. The molecule has 2 aliphatic rings. The fourth-order valence-corrected chi connectivity index (χ4v) is 3.19. The Morgan fingerprint density at radius 3 is 2.84 bits per heavy atom. The summed E-state index contributed by atoms with van der Waals surface area (Å²) in [6.07, 6.45) is 1.38. The Morgan fingerprint density at radius 1 is 1.47 bits per heavy atom. The molecule has 1 aromatic rings. The normalized spacial score (nSPS) is 21.5. The number of hydrogen-bond acceptors (Lipinski definition) is 3. The largest absolute Gasteiger partial charge is 0.396 e. The number of carbonyl (C=O) groups excluding carboxylic acids is 1. The predicted octanol–water partition coefficient (Wildman–Crippen LogP) is 1.47. The number of nitrogens with one attached hydrogen (secondary N) is 1. The quantitative estimate of drug-likeness (QED) is 0.863. The van der Waals surface area contributed by atoms with E-state index < -0.39 is 0 Å². The number of aliphatic hydroxyl groups is 1. The first-order valence-corrected chi connectivity index (χ1v) is 6.81. The summed E-state index contributed by atoms with van der Waals surface area (Å²) in [5.74, 6) is 0.268. The molecule has 3 rings (SSSR count). The molecular weight excluding hydrogens is 242 g/mol. The van der Waals surface area contributed by atoms with Crippen LogP contribution in [0.5, 0.6) is 0 Å². The monoisotopic (exact) mass is 261 g/mol. The minimum atomic E-state index is -0.0792. The van der Waals surface area contributed by atoms with Gasteiger partial charge < -0.3 is 15.2 Å². The molecule has 0 bridgehead atoms. The van der Waals surface area contributed by atoms with Crippen molar-refractivity contribution in [3.8, 4) is 0 Å². The molecule has 0 aliphatic carbocycles. The summed E-state index contributed by atoms with van der Waals surface area (Å²) in [6.45, 7) is 3.59. The Kier molecular flexibility index (Phi) is 3.07. The van der Waals surface area contributed by atoms with Crippen molar-refractivity contribution < 1.29 is 14.6 Å². The van der Waals surface area contributed by atoms with E-state index in [1.54, 1.807) is 0 Å². The minimum Gasteiger partial charge on any atom is -0.396 e. The van der Waals surface area contributed by atoms with E-state index in [1.165, 1.54) is 5.56 Å². The highest BCUT2D eigenvalue weighted by atomic mass is 16.5. The van der Waals surface area contributed by atoms with Gasteiger partial charge in [0.1, 0.15) is 0 Å². The maximum absolute atomic E-state index is 11.4. The van der Waals surface area contributed by atoms with Gasteiger partial charge in [0, 0.05) is 17.7 Å². The molecule has 2 N–H and O–H groups in total. The number of carbonyl (C=O) groups is 1. The molecule has 1 aromatic carbocycles. The summed E-state index contributed by atoms with van der Waals surface area (Å²) >= 11 is 0. The predicted molar refractivity (Wildman–Crippen MR) is 72.1 cm³/mol. The lowest BCUT2D eigenvalue weighted by molar-refractivity contribution is -0.115. The highest BCUT2D eigenvalue weighted by molar-refractivity contribution is 5.99. The van der Waals surface area contributed by atoms with Crippen molar-refractivity contribution in [1.82, 2.24) is 0 Å². The Bertz CT molecular complexity index is 504. The molecule has 0 radical (unpaired) electrons. The van der Waals surface area contributed by atoms with E-state index in [4.69, 9.17) is 4.74 Å². The highest BCUT2D eigenvalue weighted by Crippen LogP contribution is 2.42. The summed E-state index contributed by atoms with van der Waals surface area (Å²) in [5, 5.41) is 12.5. The summed E-state index contributed by atoms with van der Waals surface area (Å²) in [7, 11) is 0. The number of aliphatic hydroxyl groups excluding tert-OH is 1. The zero-order chi connectivity index (χ0) is 13.5. The van der Waals surface area contributed by atoms with Gasteiger partial charge in [-0.3, -0.25) is 4.79 Å². The van der Waals surface area contributed by atoms with Gasteiger partial charge in [-0.25, -0.2) is 0 Å². The van der Waals surface area contributed by atoms with Gasteiger partial charge in [-0.2, -0.15) is 0 Å². The molecule has 2 heterocycles. The van der Waals surface area contributed by atoms with Gasteiger partial charge in [0.2, 0.25) is 5.91 Å². The van der Waals surface area contributed by atoms with Crippen LogP contribution in [0.25, 0.3) is 0 Å². The molecule has 1 unspecified atom stereocenters. The fraction of sp³-hybridized carbons (Fsp3) is 0.533. The second-order valence-electron chi connectivity index (χ2n) is 5.53. The third kappa shape index (κ3) is 1.86. The summed E-state index contributed by atoms with van der Waals surface area (Å²) in [5.41, 5.74) is 3.09. The standard InChI is InChI=1S/C15H19NO3/c1-2-11(7-17)15(8-19-9-15)12-3-4-13-10(5-12)6-14(18)16-13/h3-5,11,17H,2,6-9H2,1H3,(H,16,18). The van der Waals surface area contributed by atoms with E-state index in [-0.39, 0.29) is 23.8 Å². The number of ether oxygens (including phenoxy) is 1. The molecule has 0 spiro atoms. The smallest absolute Gasteiger partial charge is 0.228 e. The number of rotatable bonds is 4. The van der Waals surface area contributed by atoms with E-state index >= 15 is 0 Å². The third-order valence-corrected chi connectivity index (χ3v) is 4.52. The second-order valence-corrected chi connectivity index (χ2v) is 5.53. The minimum absolute atomic E-state index is 0.0558. The van der Waals surface area contributed by atoms with Gasteiger partial charge in [-0.15, -0.1) is 0 Å². The van der Waals surface area contributed by atoms with Gasteiger partial charge in [-0.1, -0.05) is 25.5 Å². The lowest BCUT2D eigenvalue weighted by atomic mass is 9.67. The first kappa shape index (κ1) is 12.6. The van der Waals surface area contributed by atoms with Gasteiger partial charge in [0.25, 0.3) is 0 Å². The first-order valence-electron chi connectivity index (χ1n) is 6.81. The van der Waals surface area contributed by atoms with Gasteiger partial charge in [-0.05, 0) is 23.1 Å². The fourth-order valence-electron chi connectivity index (χ4n) is 3.19. The van der Waals surface area contributed by atoms with Gasteiger partial charge in [0.15, 0.2) is 0 Å². The average Bonchev–Trinajstić information content (AvgIpc) is 2.72. The van der Waals surface area contributed by atoms with Crippen LogP contribution in [0.2, 0.25) is 0 Å². The molecule has 102 valence electrons. The summed E-state index contributed by atoms with van der Waals surface area (Å²) in [4.78, 5) is 11.4. The first-order chi connectivity index (χ1) is 9.19. The van der Waals surface area contributed by atoms with Crippen LogP contribution in [0.1, 0.15) is 24.5 Å². The molecule has 19 heavy (non-hydrogen) atoms. The third-order valence-electron chi connectivity index (χ3n) is 4.52. The van der Waals surface area contributed by atoms with Crippen molar-refractivity contribution >= 4 is 11.6 Å². The molecule has 1 atom stereocenters. The van der Waals surface area contributed by atoms with E-state index in [2.05, 4.69) is 24.4 Å². The number of anilines is 1. The molecule has 4 nitrogen and oxygen atoms in total. The van der Waals surface area contributed by atoms with Crippen LogP contribution in [0.3, 0.4) is 0 Å². The van der Waals surface area contributed by atoms with Crippen LogP contribution in [0, 0.1) is 5.92 Å². The molecule has 1 fully saturated rings. The van der Waals surface area contributed by atoms with Gasteiger partial charge in [0.05, 0.1) is 19.6 Å². The lowest BCUT2D eigenvalue weighted by Crippen LogP contribution is -2.53. The van der Waals surface area contributed by atoms with E-state index in [1.807, 2.05) is 6.07 Å². The number of benzene rings is 1. The number of hydrogen-bond donors (Lipinski definition) is 2.